The van der Waals surface area contributed by atoms with E-state index in [2.05, 4.69) is 19.2 Å². The molecule has 0 heterocycles. The Morgan fingerprint density at radius 3 is 1.20 bits per heavy atom. The number of hydrogen-bond acceptors (Lipinski definition) is 5. The molecule has 2 N–H and O–H groups in total. The number of amides is 1. The molecule has 0 aliphatic rings. The Kier molecular flexibility index (Phi) is 42.6. The Balaban J connectivity index is 3.79. The van der Waals surface area contributed by atoms with Crippen molar-refractivity contribution in [2.75, 3.05) is 39.6 Å². The molecule has 0 fully saturated rings. The summed E-state index contributed by atoms with van der Waals surface area (Å²) in [7, 11) is 0. The molecule has 0 aromatic rings. The van der Waals surface area contributed by atoms with E-state index in [1.165, 1.54) is 193 Å². The zero-order valence-electron chi connectivity index (χ0n) is 33.2. The van der Waals surface area contributed by atoms with E-state index in [9.17, 15) is 4.79 Å². The molecular weight excluding hydrogens is 610 g/mol. The van der Waals surface area contributed by atoms with Crippen LogP contribution in [0.25, 0.3) is 0 Å². The van der Waals surface area contributed by atoms with Gasteiger partial charge in [0.2, 0.25) is 0 Å². The Hall–Kier alpha value is -0.850. The van der Waals surface area contributed by atoms with Gasteiger partial charge in [-0.25, -0.2) is 4.79 Å². The molecular formula is C43H87NO5. The van der Waals surface area contributed by atoms with Gasteiger partial charge in [0.05, 0.1) is 19.3 Å². The first-order valence-corrected chi connectivity index (χ1v) is 21.9. The smallest absolute Gasteiger partial charge is 0.407 e. The zero-order valence-corrected chi connectivity index (χ0v) is 33.2. The zero-order chi connectivity index (χ0) is 35.6. The summed E-state index contributed by atoms with van der Waals surface area (Å²) in [6.07, 6.45) is 44.0. The second-order valence-electron chi connectivity index (χ2n) is 14.7. The van der Waals surface area contributed by atoms with Crippen LogP contribution in [0.15, 0.2) is 0 Å². The third-order valence-electron chi connectivity index (χ3n) is 9.86. The number of carbonyl (C=O) groups is 1. The molecule has 1 unspecified atom stereocenters. The van der Waals surface area contributed by atoms with Gasteiger partial charge >= 0.3 is 6.09 Å². The normalized spacial score (nSPS) is 12.1. The third kappa shape index (κ3) is 41.5. The predicted molar refractivity (Wildman–Crippen MR) is 211 cm³/mol. The first-order chi connectivity index (χ1) is 24.2. The van der Waals surface area contributed by atoms with Crippen LogP contribution < -0.4 is 5.32 Å². The van der Waals surface area contributed by atoms with Crippen LogP contribution in [0, 0.1) is 0 Å². The maximum absolute atomic E-state index is 11.7. The van der Waals surface area contributed by atoms with Gasteiger partial charge in [0.25, 0.3) is 0 Å². The minimum absolute atomic E-state index is 0.0180. The molecule has 0 aliphatic heterocycles. The highest BCUT2D eigenvalue weighted by Crippen LogP contribution is 2.15. The number of ether oxygens (including phenoxy) is 3. The average Bonchev–Trinajstić information content (AvgIpc) is 3.11. The van der Waals surface area contributed by atoms with Crippen LogP contribution in [-0.2, 0) is 14.2 Å². The van der Waals surface area contributed by atoms with Crippen molar-refractivity contribution in [3.05, 3.63) is 0 Å². The molecule has 0 rings (SSSR count). The molecule has 6 heteroatoms. The molecule has 0 aliphatic carbocycles. The highest BCUT2D eigenvalue weighted by atomic mass is 16.6. The molecule has 0 saturated carbocycles. The molecule has 0 spiro atoms. The monoisotopic (exact) mass is 698 g/mol. The summed E-state index contributed by atoms with van der Waals surface area (Å²) in [6, 6.07) is 0. The maximum Gasteiger partial charge on any atom is 0.407 e. The van der Waals surface area contributed by atoms with E-state index in [0.717, 1.165) is 26.1 Å². The maximum atomic E-state index is 11.7. The van der Waals surface area contributed by atoms with Gasteiger partial charge in [-0.3, -0.25) is 0 Å². The summed E-state index contributed by atoms with van der Waals surface area (Å²) < 4.78 is 17.1. The van der Waals surface area contributed by atoms with E-state index < -0.39 is 6.09 Å². The van der Waals surface area contributed by atoms with Crippen molar-refractivity contribution in [2.24, 2.45) is 0 Å². The van der Waals surface area contributed by atoms with Gasteiger partial charge in [-0.1, -0.05) is 206 Å². The van der Waals surface area contributed by atoms with Crippen molar-refractivity contribution in [3.8, 4) is 0 Å². The SMILES string of the molecule is CCCCCCCCCCCCCCCCCCOCC(CCNC(=O)OCCO)OCCCCCCCCCCCCCCCCCC. The molecule has 0 saturated heterocycles. The van der Waals surface area contributed by atoms with Gasteiger partial charge in [-0.05, 0) is 19.3 Å². The minimum atomic E-state index is -0.486. The molecule has 0 radical (unpaired) electrons. The van der Waals surface area contributed by atoms with Crippen LogP contribution in [0.2, 0.25) is 0 Å². The quantitative estimate of drug-likeness (QED) is 0.0621. The van der Waals surface area contributed by atoms with Crippen molar-refractivity contribution in [1.29, 1.82) is 0 Å². The van der Waals surface area contributed by atoms with Gasteiger partial charge in [0, 0.05) is 19.8 Å². The Labute approximate surface area is 306 Å². The Bertz CT molecular complexity index is 619. The first kappa shape index (κ1) is 48.1. The summed E-state index contributed by atoms with van der Waals surface area (Å²) in [5, 5.41) is 11.6. The second-order valence-corrected chi connectivity index (χ2v) is 14.7. The van der Waals surface area contributed by atoms with Crippen LogP contribution in [0.3, 0.4) is 0 Å². The molecule has 1 amide bonds. The Morgan fingerprint density at radius 2 is 0.837 bits per heavy atom. The summed E-state index contributed by atoms with van der Waals surface area (Å²) in [4.78, 5) is 11.7. The van der Waals surface area contributed by atoms with E-state index >= 15 is 0 Å². The van der Waals surface area contributed by atoms with Crippen molar-refractivity contribution in [3.63, 3.8) is 0 Å². The molecule has 6 nitrogen and oxygen atoms in total. The summed E-state index contributed by atoms with van der Waals surface area (Å²) >= 11 is 0. The first-order valence-electron chi connectivity index (χ1n) is 21.9. The minimum Gasteiger partial charge on any atom is -0.447 e. The van der Waals surface area contributed by atoms with Crippen molar-refractivity contribution < 1.29 is 24.1 Å². The number of rotatable bonds is 42. The topological polar surface area (TPSA) is 77.0 Å². The highest BCUT2D eigenvalue weighted by Gasteiger charge is 2.11. The van der Waals surface area contributed by atoms with E-state index in [1.54, 1.807) is 0 Å². The van der Waals surface area contributed by atoms with Crippen LogP contribution >= 0.6 is 0 Å². The van der Waals surface area contributed by atoms with E-state index in [0.29, 0.717) is 19.6 Å². The highest BCUT2D eigenvalue weighted by molar-refractivity contribution is 5.66. The third-order valence-corrected chi connectivity index (χ3v) is 9.86. The lowest BCUT2D eigenvalue weighted by atomic mass is 10.0. The predicted octanol–water partition coefficient (Wildman–Crippen LogP) is 13.0. The summed E-state index contributed by atoms with van der Waals surface area (Å²) in [5.74, 6) is 0. The lowest BCUT2D eigenvalue weighted by Crippen LogP contribution is -2.31. The molecule has 294 valence electrons. The van der Waals surface area contributed by atoms with Gasteiger partial charge < -0.3 is 24.6 Å². The number of alkyl carbamates (subject to hydrolysis) is 1. The molecule has 1 atom stereocenters. The molecule has 49 heavy (non-hydrogen) atoms. The average molecular weight is 698 g/mol. The van der Waals surface area contributed by atoms with Gasteiger partial charge in [-0.15, -0.1) is 0 Å². The largest absolute Gasteiger partial charge is 0.447 e. The fourth-order valence-corrected chi connectivity index (χ4v) is 6.61. The van der Waals surface area contributed by atoms with Crippen molar-refractivity contribution in [1.82, 2.24) is 5.32 Å². The summed E-state index contributed by atoms with van der Waals surface area (Å²) in [6.45, 7) is 7.03. The molecule has 0 aromatic carbocycles. The second kappa shape index (κ2) is 43.3. The lowest BCUT2D eigenvalue weighted by molar-refractivity contribution is -0.0220. The van der Waals surface area contributed by atoms with Gasteiger partial charge in [-0.2, -0.15) is 0 Å². The van der Waals surface area contributed by atoms with Gasteiger partial charge in [0.1, 0.15) is 6.61 Å². The number of carbonyl (C=O) groups excluding carboxylic acids is 1. The standard InChI is InChI=1S/C43H87NO5/c1-3-5-7-9-11-13-15-17-19-21-23-25-27-29-31-33-38-47-41-42(35-36-44-43(46)49-40-37-45)48-39-34-32-30-28-26-24-22-20-18-16-14-12-10-8-6-4-2/h42,45H,3-41H2,1-2H3,(H,44,46). The van der Waals surface area contributed by atoms with Crippen LogP contribution in [0.4, 0.5) is 4.79 Å². The van der Waals surface area contributed by atoms with Crippen molar-refractivity contribution in [2.45, 2.75) is 232 Å². The van der Waals surface area contributed by atoms with E-state index in [4.69, 9.17) is 19.3 Å². The number of nitrogens with one attached hydrogen (secondary N) is 1. The number of aliphatic hydroxyl groups is 1. The number of hydrogen-bond donors (Lipinski definition) is 2. The molecule has 0 bridgehead atoms. The fourth-order valence-electron chi connectivity index (χ4n) is 6.61. The van der Waals surface area contributed by atoms with Gasteiger partial charge in [0.15, 0.2) is 0 Å². The van der Waals surface area contributed by atoms with E-state index in [-0.39, 0.29) is 19.3 Å². The van der Waals surface area contributed by atoms with Crippen molar-refractivity contribution >= 4 is 6.09 Å². The van der Waals surface area contributed by atoms with Crippen LogP contribution in [-0.4, -0.2) is 56.9 Å². The number of unbranched alkanes of at least 4 members (excludes halogenated alkanes) is 30. The van der Waals surface area contributed by atoms with Crippen LogP contribution in [0.5, 0.6) is 0 Å². The van der Waals surface area contributed by atoms with Crippen LogP contribution in [0.1, 0.15) is 226 Å². The van der Waals surface area contributed by atoms with E-state index in [1.807, 2.05) is 0 Å². The Morgan fingerprint density at radius 1 is 0.490 bits per heavy atom. The number of aliphatic hydroxyl groups excluding tert-OH is 1. The molecule has 0 aromatic heterocycles. The lowest BCUT2D eigenvalue weighted by Gasteiger charge is -2.18. The fraction of sp³-hybridized carbons (Fsp3) is 0.977. The summed E-state index contributed by atoms with van der Waals surface area (Å²) in [5.41, 5.74) is 0.